The highest BCUT2D eigenvalue weighted by Crippen LogP contribution is 2.27. The standard InChI is InChI=1S/C17H19ClN4O2/c1-10(2)22-15-5-6-21(9-14(15)20-17(22)24)16(23)12-7-11(8-19)3-4-13(12)18/h3-4,7,10,14-15H,5-6,9H2,1-2H3,(H,20,24)/t14-,15+/m1/s1. The second-order valence-electron chi connectivity index (χ2n) is 6.47. The Hall–Kier alpha value is -2.26. The van der Waals surface area contributed by atoms with Crippen LogP contribution in [0.15, 0.2) is 18.2 Å². The molecular formula is C17H19ClN4O2. The molecule has 0 spiro atoms. The molecule has 2 aliphatic heterocycles. The molecule has 2 heterocycles. The summed E-state index contributed by atoms with van der Waals surface area (Å²) < 4.78 is 0. The van der Waals surface area contributed by atoms with E-state index in [-0.39, 0.29) is 30.1 Å². The molecule has 1 aromatic carbocycles. The summed E-state index contributed by atoms with van der Waals surface area (Å²) in [4.78, 5) is 28.5. The zero-order valence-electron chi connectivity index (χ0n) is 13.6. The topological polar surface area (TPSA) is 76.4 Å². The van der Waals surface area contributed by atoms with Gasteiger partial charge in [-0.1, -0.05) is 11.6 Å². The molecule has 0 aliphatic carbocycles. The number of piperidine rings is 1. The molecule has 3 rings (SSSR count). The molecular weight excluding hydrogens is 328 g/mol. The molecule has 2 aliphatic rings. The van der Waals surface area contributed by atoms with Gasteiger partial charge in [0.05, 0.1) is 34.3 Å². The molecule has 3 amide bonds. The summed E-state index contributed by atoms with van der Waals surface area (Å²) in [6, 6.07) is 6.79. The van der Waals surface area contributed by atoms with Crippen LogP contribution in [0, 0.1) is 11.3 Å². The van der Waals surface area contributed by atoms with Gasteiger partial charge in [-0.2, -0.15) is 5.26 Å². The van der Waals surface area contributed by atoms with E-state index < -0.39 is 0 Å². The Bertz CT molecular complexity index is 728. The van der Waals surface area contributed by atoms with E-state index in [4.69, 9.17) is 16.9 Å². The minimum Gasteiger partial charge on any atom is -0.336 e. The van der Waals surface area contributed by atoms with Crippen molar-refractivity contribution >= 4 is 23.5 Å². The molecule has 2 saturated heterocycles. The van der Waals surface area contributed by atoms with Crippen LogP contribution in [0.1, 0.15) is 36.2 Å². The van der Waals surface area contributed by atoms with Crippen molar-refractivity contribution < 1.29 is 9.59 Å². The van der Waals surface area contributed by atoms with Crippen molar-refractivity contribution in [3.05, 3.63) is 34.3 Å². The number of halogens is 1. The number of carbonyl (C=O) groups excluding carboxylic acids is 2. The smallest absolute Gasteiger partial charge is 0.318 e. The van der Waals surface area contributed by atoms with Crippen LogP contribution in [-0.2, 0) is 0 Å². The average molecular weight is 347 g/mol. The molecule has 6 nitrogen and oxygen atoms in total. The quantitative estimate of drug-likeness (QED) is 0.892. The summed E-state index contributed by atoms with van der Waals surface area (Å²) in [5.41, 5.74) is 0.733. The van der Waals surface area contributed by atoms with E-state index in [1.165, 1.54) is 6.07 Å². The third-order valence-corrected chi connectivity index (χ3v) is 4.98. The molecule has 126 valence electrons. The maximum absolute atomic E-state index is 12.8. The molecule has 24 heavy (non-hydrogen) atoms. The molecule has 0 saturated carbocycles. The van der Waals surface area contributed by atoms with Gasteiger partial charge >= 0.3 is 6.03 Å². The number of fused-ring (bicyclic) bond motifs is 1. The van der Waals surface area contributed by atoms with Gasteiger partial charge in [0.2, 0.25) is 0 Å². The Morgan fingerprint density at radius 3 is 2.88 bits per heavy atom. The first-order valence-electron chi connectivity index (χ1n) is 8.00. The number of benzene rings is 1. The van der Waals surface area contributed by atoms with Crippen LogP contribution in [0.2, 0.25) is 5.02 Å². The second-order valence-corrected chi connectivity index (χ2v) is 6.88. The van der Waals surface area contributed by atoms with E-state index in [1.54, 1.807) is 17.0 Å². The number of amides is 3. The number of nitriles is 1. The van der Waals surface area contributed by atoms with Crippen LogP contribution in [0.25, 0.3) is 0 Å². The number of rotatable bonds is 2. The first-order chi connectivity index (χ1) is 11.4. The lowest BCUT2D eigenvalue weighted by atomic mass is 9.98. The van der Waals surface area contributed by atoms with Crippen LogP contribution in [-0.4, -0.2) is 53.0 Å². The lowest BCUT2D eigenvalue weighted by Crippen LogP contribution is -2.53. The van der Waals surface area contributed by atoms with Gasteiger partial charge in [-0.15, -0.1) is 0 Å². The molecule has 7 heteroatoms. The van der Waals surface area contributed by atoms with Gasteiger partial charge in [0.25, 0.3) is 5.91 Å². The zero-order chi connectivity index (χ0) is 17.4. The predicted octanol–water partition coefficient (Wildman–Crippen LogP) is 2.23. The van der Waals surface area contributed by atoms with Gasteiger partial charge in [-0.05, 0) is 38.5 Å². The van der Waals surface area contributed by atoms with Gasteiger partial charge < -0.3 is 15.1 Å². The number of hydrogen-bond donors (Lipinski definition) is 1. The number of likely N-dealkylation sites (tertiary alicyclic amines) is 1. The first-order valence-corrected chi connectivity index (χ1v) is 8.38. The SMILES string of the molecule is CC(C)N1C(=O)N[C@@H]2CN(C(=O)c3cc(C#N)ccc3Cl)CC[C@@H]21. The number of carbonyl (C=O) groups is 2. The van der Waals surface area contributed by atoms with Crippen molar-refractivity contribution in [3.63, 3.8) is 0 Å². The van der Waals surface area contributed by atoms with Crippen LogP contribution in [0.5, 0.6) is 0 Å². The summed E-state index contributed by atoms with van der Waals surface area (Å²) in [5, 5.41) is 12.3. The summed E-state index contributed by atoms with van der Waals surface area (Å²) in [6.07, 6.45) is 0.725. The number of urea groups is 1. The Labute approximate surface area is 146 Å². The van der Waals surface area contributed by atoms with Crippen molar-refractivity contribution in [1.29, 1.82) is 5.26 Å². The fourth-order valence-electron chi connectivity index (χ4n) is 3.53. The maximum Gasteiger partial charge on any atom is 0.318 e. The monoisotopic (exact) mass is 346 g/mol. The van der Waals surface area contributed by atoms with Crippen LogP contribution < -0.4 is 5.32 Å². The van der Waals surface area contributed by atoms with E-state index in [0.717, 1.165) is 6.42 Å². The molecule has 0 bridgehead atoms. The van der Waals surface area contributed by atoms with Gasteiger partial charge in [0.1, 0.15) is 0 Å². The van der Waals surface area contributed by atoms with E-state index in [1.807, 2.05) is 24.8 Å². The lowest BCUT2D eigenvalue weighted by molar-refractivity contribution is 0.0645. The summed E-state index contributed by atoms with van der Waals surface area (Å²) in [6.45, 7) is 5.00. The molecule has 2 fully saturated rings. The number of nitrogens with one attached hydrogen (secondary N) is 1. The van der Waals surface area contributed by atoms with Crippen molar-refractivity contribution in [2.75, 3.05) is 13.1 Å². The summed E-state index contributed by atoms with van der Waals surface area (Å²) in [5.74, 6) is -0.201. The van der Waals surface area contributed by atoms with Gasteiger partial charge in [-0.25, -0.2) is 4.79 Å². The summed E-state index contributed by atoms with van der Waals surface area (Å²) in [7, 11) is 0. The largest absolute Gasteiger partial charge is 0.336 e. The van der Waals surface area contributed by atoms with Crippen molar-refractivity contribution in [1.82, 2.24) is 15.1 Å². The predicted molar refractivity (Wildman–Crippen MR) is 89.8 cm³/mol. The Balaban J connectivity index is 1.78. The Kier molecular flexibility index (Phi) is 4.37. The first kappa shape index (κ1) is 16.6. The fourth-order valence-corrected chi connectivity index (χ4v) is 3.73. The van der Waals surface area contributed by atoms with E-state index >= 15 is 0 Å². The van der Waals surface area contributed by atoms with Crippen molar-refractivity contribution in [2.45, 2.75) is 38.4 Å². The van der Waals surface area contributed by atoms with E-state index in [9.17, 15) is 9.59 Å². The number of nitrogens with zero attached hydrogens (tertiary/aromatic N) is 3. The minimum absolute atomic E-state index is 0.0705. The van der Waals surface area contributed by atoms with E-state index in [0.29, 0.717) is 29.2 Å². The van der Waals surface area contributed by atoms with Crippen LogP contribution in [0.3, 0.4) is 0 Å². The van der Waals surface area contributed by atoms with Gasteiger partial charge in [-0.3, -0.25) is 4.79 Å². The minimum atomic E-state index is -0.201. The highest BCUT2D eigenvalue weighted by molar-refractivity contribution is 6.33. The van der Waals surface area contributed by atoms with Crippen LogP contribution >= 0.6 is 11.6 Å². The molecule has 1 N–H and O–H groups in total. The summed E-state index contributed by atoms with van der Waals surface area (Å²) >= 11 is 6.13. The second kappa shape index (κ2) is 6.33. The number of hydrogen-bond acceptors (Lipinski definition) is 3. The lowest BCUT2D eigenvalue weighted by Gasteiger charge is -2.38. The Morgan fingerprint density at radius 2 is 2.21 bits per heavy atom. The third kappa shape index (κ3) is 2.80. The molecule has 0 unspecified atom stereocenters. The zero-order valence-corrected chi connectivity index (χ0v) is 14.4. The van der Waals surface area contributed by atoms with Gasteiger partial charge in [0, 0.05) is 19.1 Å². The fraction of sp³-hybridized carbons (Fsp3) is 0.471. The van der Waals surface area contributed by atoms with Crippen molar-refractivity contribution in [3.8, 4) is 6.07 Å². The van der Waals surface area contributed by atoms with Crippen LogP contribution in [0.4, 0.5) is 4.79 Å². The molecule has 0 aromatic heterocycles. The average Bonchev–Trinajstić information content (AvgIpc) is 2.89. The normalized spacial score (nSPS) is 23.0. The molecule has 1 aromatic rings. The highest BCUT2D eigenvalue weighted by atomic mass is 35.5. The third-order valence-electron chi connectivity index (χ3n) is 4.65. The Morgan fingerprint density at radius 1 is 1.46 bits per heavy atom. The van der Waals surface area contributed by atoms with Crippen molar-refractivity contribution in [2.24, 2.45) is 0 Å². The van der Waals surface area contributed by atoms with Gasteiger partial charge in [0.15, 0.2) is 0 Å². The maximum atomic E-state index is 12.8. The highest BCUT2D eigenvalue weighted by Gasteiger charge is 2.44. The molecule has 0 radical (unpaired) electrons. The molecule has 2 atom stereocenters. The van der Waals surface area contributed by atoms with E-state index in [2.05, 4.69) is 5.32 Å².